The first kappa shape index (κ1) is 15.5. The second kappa shape index (κ2) is 6.79. The van der Waals surface area contributed by atoms with E-state index in [0.717, 1.165) is 24.2 Å². The summed E-state index contributed by atoms with van der Waals surface area (Å²) < 4.78 is 13.8. The molecule has 1 aliphatic heterocycles. The van der Waals surface area contributed by atoms with E-state index in [4.69, 9.17) is 5.84 Å². The molecule has 0 fully saturated rings. The van der Waals surface area contributed by atoms with Gasteiger partial charge in [-0.25, -0.2) is 4.39 Å². The molecule has 1 unspecified atom stereocenters. The Morgan fingerprint density at radius 1 is 1.38 bits per heavy atom. The van der Waals surface area contributed by atoms with Gasteiger partial charge in [-0.05, 0) is 63.9 Å². The molecule has 0 saturated heterocycles. The normalized spacial score (nSPS) is 15.8. The van der Waals surface area contributed by atoms with Gasteiger partial charge in [0.05, 0.1) is 10.5 Å². The predicted molar refractivity (Wildman–Crippen MR) is 92.1 cm³/mol. The molecule has 112 valence electrons. The molecular formula is C15H16BrFN2S2. The maximum Gasteiger partial charge on any atom is 0.137 e. The molecule has 1 aromatic carbocycles. The highest BCUT2D eigenvalue weighted by Gasteiger charge is 2.19. The summed E-state index contributed by atoms with van der Waals surface area (Å²) in [5, 5.41) is 0. The van der Waals surface area contributed by atoms with E-state index in [1.54, 1.807) is 0 Å². The molecule has 2 aromatic rings. The fourth-order valence-corrected chi connectivity index (χ4v) is 5.35. The van der Waals surface area contributed by atoms with E-state index < -0.39 is 0 Å². The van der Waals surface area contributed by atoms with Crippen molar-refractivity contribution in [1.29, 1.82) is 0 Å². The van der Waals surface area contributed by atoms with Crippen LogP contribution in [0.4, 0.5) is 4.39 Å². The van der Waals surface area contributed by atoms with Crippen molar-refractivity contribution >= 4 is 39.0 Å². The van der Waals surface area contributed by atoms with E-state index in [2.05, 4.69) is 27.4 Å². The Morgan fingerprint density at radius 3 is 2.95 bits per heavy atom. The lowest BCUT2D eigenvalue weighted by Crippen LogP contribution is -2.29. The zero-order chi connectivity index (χ0) is 14.8. The van der Waals surface area contributed by atoms with Gasteiger partial charge >= 0.3 is 0 Å². The third-order valence-electron chi connectivity index (χ3n) is 3.62. The van der Waals surface area contributed by atoms with Crippen LogP contribution in [0.5, 0.6) is 0 Å². The largest absolute Gasteiger partial charge is 0.271 e. The first-order chi connectivity index (χ1) is 10.2. The van der Waals surface area contributed by atoms with Crippen LogP contribution in [0.2, 0.25) is 0 Å². The third-order valence-corrected chi connectivity index (χ3v) is 6.58. The molecule has 2 nitrogen and oxygen atoms in total. The smallest absolute Gasteiger partial charge is 0.137 e. The summed E-state index contributed by atoms with van der Waals surface area (Å²) in [7, 11) is 0. The van der Waals surface area contributed by atoms with Crippen molar-refractivity contribution < 1.29 is 4.39 Å². The minimum absolute atomic E-state index is 0.0722. The van der Waals surface area contributed by atoms with Crippen molar-refractivity contribution in [2.24, 2.45) is 5.84 Å². The molecule has 1 atom stereocenters. The molecule has 0 aliphatic carbocycles. The molecule has 21 heavy (non-hydrogen) atoms. The fraction of sp³-hybridized carbons (Fsp3) is 0.333. The number of aryl methyl sites for hydroxylation is 1. The predicted octanol–water partition coefficient (Wildman–Crippen LogP) is 4.19. The first-order valence-corrected chi connectivity index (χ1v) is 9.53. The van der Waals surface area contributed by atoms with Crippen LogP contribution in [0.3, 0.4) is 0 Å². The van der Waals surface area contributed by atoms with E-state index in [0.29, 0.717) is 4.47 Å². The SMILES string of the molecule is NNC(Cc1ccc(F)c(Br)c1)c1cc2c(s1)CCSC2. The number of fused-ring (bicyclic) bond motifs is 1. The minimum Gasteiger partial charge on any atom is -0.271 e. The number of hydrazine groups is 1. The molecule has 1 aliphatic rings. The maximum absolute atomic E-state index is 13.3. The summed E-state index contributed by atoms with van der Waals surface area (Å²) in [4.78, 5) is 2.76. The van der Waals surface area contributed by atoms with Gasteiger partial charge in [0.25, 0.3) is 0 Å². The Morgan fingerprint density at radius 2 is 2.24 bits per heavy atom. The second-order valence-electron chi connectivity index (χ2n) is 5.07. The van der Waals surface area contributed by atoms with Gasteiger partial charge in [-0.2, -0.15) is 11.8 Å². The number of nitrogens with two attached hydrogens (primary N) is 1. The van der Waals surface area contributed by atoms with Crippen molar-refractivity contribution in [2.75, 3.05) is 5.75 Å². The third kappa shape index (κ3) is 3.51. The summed E-state index contributed by atoms with van der Waals surface area (Å²) in [5.41, 5.74) is 5.42. The molecule has 1 aromatic heterocycles. The van der Waals surface area contributed by atoms with Crippen molar-refractivity contribution in [3.8, 4) is 0 Å². The molecule has 3 rings (SSSR count). The number of benzene rings is 1. The van der Waals surface area contributed by atoms with Gasteiger partial charge in [0, 0.05) is 15.5 Å². The van der Waals surface area contributed by atoms with Crippen molar-refractivity contribution in [3.05, 3.63) is 55.4 Å². The number of rotatable bonds is 4. The Labute approximate surface area is 140 Å². The van der Waals surface area contributed by atoms with Gasteiger partial charge in [-0.3, -0.25) is 11.3 Å². The average Bonchev–Trinajstić information content (AvgIpc) is 2.92. The van der Waals surface area contributed by atoms with Crippen LogP contribution < -0.4 is 11.3 Å². The summed E-state index contributed by atoms with van der Waals surface area (Å²) in [6.45, 7) is 0. The Balaban J connectivity index is 1.81. The summed E-state index contributed by atoms with van der Waals surface area (Å²) >= 11 is 7.07. The van der Waals surface area contributed by atoms with E-state index in [-0.39, 0.29) is 11.9 Å². The van der Waals surface area contributed by atoms with E-state index in [1.807, 2.05) is 35.2 Å². The Kier molecular flexibility index (Phi) is 5.01. The van der Waals surface area contributed by atoms with Crippen molar-refractivity contribution in [3.63, 3.8) is 0 Å². The van der Waals surface area contributed by atoms with Gasteiger partial charge in [-0.1, -0.05) is 6.07 Å². The Hall–Kier alpha value is -0.400. The summed E-state index contributed by atoms with van der Waals surface area (Å²) in [6.07, 6.45) is 1.91. The van der Waals surface area contributed by atoms with Gasteiger partial charge in [0.15, 0.2) is 0 Å². The number of thiophene rings is 1. The molecule has 0 saturated carbocycles. The van der Waals surface area contributed by atoms with Crippen LogP contribution >= 0.6 is 39.0 Å². The number of halogens is 2. The fourth-order valence-electron chi connectivity index (χ4n) is 2.49. The number of nitrogens with one attached hydrogen (secondary N) is 1. The van der Waals surface area contributed by atoms with E-state index >= 15 is 0 Å². The minimum atomic E-state index is -0.236. The van der Waals surface area contributed by atoms with E-state index in [1.165, 1.54) is 27.1 Å². The van der Waals surface area contributed by atoms with Crippen LogP contribution in [0.1, 0.15) is 26.9 Å². The second-order valence-corrected chi connectivity index (χ2v) is 8.20. The molecule has 2 heterocycles. The number of thioether (sulfide) groups is 1. The average molecular weight is 387 g/mol. The Bertz CT molecular complexity index is 621. The van der Waals surface area contributed by atoms with Crippen LogP contribution in [-0.2, 0) is 18.6 Å². The number of hydrogen-bond acceptors (Lipinski definition) is 4. The van der Waals surface area contributed by atoms with Crippen molar-refractivity contribution in [2.45, 2.75) is 24.6 Å². The van der Waals surface area contributed by atoms with E-state index in [9.17, 15) is 4.39 Å². The highest BCUT2D eigenvalue weighted by molar-refractivity contribution is 9.10. The lowest BCUT2D eigenvalue weighted by atomic mass is 10.0. The molecule has 6 heteroatoms. The van der Waals surface area contributed by atoms with Crippen LogP contribution in [0.25, 0.3) is 0 Å². The van der Waals surface area contributed by atoms with Gasteiger partial charge in [-0.15, -0.1) is 11.3 Å². The molecule has 0 radical (unpaired) electrons. The van der Waals surface area contributed by atoms with Crippen LogP contribution in [0, 0.1) is 5.82 Å². The van der Waals surface area contributed by atoms with Crippen molar-refractivity contribution in [1.82, 2.24) is 5.43 Å². The quantitative estimate of drug-likeness (QED) is 0.611. The standard InChI is InChI=1S/C15H16BrFN2S2/c16-11-5-9(1-2-12(11)17)6-13(19-18)15-7-10-8-20-4-3-14(10)21-15/h1-2,5,7,13,19H,3-4,6,8,18H2. The lowest BCUT2D eigenvalue weighted by Gasteiger charge is -2.14. The molecule has 0 amide bonds. The number of hydrogen-bond donors (Lipinski definition) is 2. The van der Waals surface area contributed by atoms with Gasteiger partial charge in [0.2, 0.25) is 0 Å². The topological polar surface area (TPSA) is 38.0 Å². The zero-order valence-corrected chi connectivity index (χ0v) is 14.6. The monoisotopic (exact) mass is 386 g/mol. The van der Waals surface area contributed by atoms with Crippen LogP contribution in [0.15, 0.2) is 28.7 Å². The lowest BCUT2D eigenvalue weighted by molar-refractivity contribution is 0.558. The molecule has 0 spiro atoms. The molecule has 0 bridgehead atoms. The van der Waals surface area contributed by atoms with Crippen LogP contribution in [-0.4, -0.2) is 5.75 Å². The summed E-state index contributed by atoms with van der Waals surface area (Å²) in [5.74, 6) is 7.82. The van der Waals surface area contributed by atoms with Gasteiger partial charge in [0.1, 0.15) is 5.82 Å². The highest BCUT2D eigenvalue weighted by atomic mass is 79.9. The first-order valence-electron chi connectivity index (χ1n) is 6.76. The molecule has 3 N–H and O–H groups in total. The maximum atomic E-state index is 13.3. The van der Waals surface area contributed by atoms with Gasteiger partial charge < -0.3 is 0 Å². The summed E-state index contributed by atoms with van der Waals surface area (Å²) in [6, 6.07) is 7.47. The highest BCUT2D eigenvalue weighted by Crippen LogP contribution is 2.35. The zero-order valence-electron chi connectivity index (χ0n) is 11.4. The molecular weight excluding hydrogens is 371 g/mol.